The van der Waals surface area contributed by atoms with Crippen molar-refractivity contribution in [2.45, 2.75) is 30.7 Å². The Morgan fingerprint density at radius 3 is 2.50 bits per heavy atom. The molecule has 0 aliphatic carbocycles. The SMILES string of the molecule is O=S(=O)(c1ccc(NCc2ccccc2F)nc1)N1CCCCC1. The second kappa shape index (κ2) is 7.27. The molecule has 0 spiro atoms. The van der Waals surface area contributed by atoms with E-state index < -0.39 is 10.0 Å². The molecule has 1 aliphatic heterocycles. The zero-order valence-electron chi connectivity index (χ0n) is 13.3. The highest BCUT2D eigenvalue weighted by atomic mass is 32.2. The fourth-order valence-corrected chi connectivity index (χ4v) is 4.18. The van der Waals surface area contributed by atoms with Crippen LogP contribution in [0.2, 0.25) is 0 Å². The summed E-state index contributed by atoms with van der Waals surface area (Å²) in [5.41, 5.74) is 0.532. The fraction of sp³-hybridized carbons (Fsp3) is 0.353. The van der Waals surface area contributed by atoms with Crippen LogP contribution in [0, 0.1) is 5.82 Å². The smallest absolute Gasteiger partial charge is 0.244 e. The highest BCUT2D eigenvalue weighted by Crippen LogP contribution is 2.21. The predicted octanol–water partition coefficient (Wildman–Crippen LogP) is 3.01. The number of hydrogen-bond acceptors (Lipinski definition) is 4. The van der Waals surface area contributed by atoms with Crippen LogP contribution in [0.15, 0.2) is 47.5 Å². The molecule has 2 heterocycles. The van der Waals surface area contributed by atoms with E-state index in [9.17, 15) is 12.8 Å². The Hall–Kier alpha value is -1.99. The lowest BCUT2D eigenvalue weighted by atomic mass is 10.2. The first-order chi connectivity index (χ1) is 11.6. The van der Waals surface area contributed by atoms with Crippen LogP contribution in [-0.4, -0.2) is 30.8 Å². The summed E-state index contributed by atoms with van der Waals surface area (Å²) in [6.45, 7) is 1.42. The fourth-order valence-electron chi connectivity index (χ4n) is 2.72. The van der Waals surface area contributed by atoms with E-state index >= 15 is 0 Å². The van der Waals surface area contributed by atoms with Crippen molar-refractivity contribution in [3.63, 3.8) is 0 Å². The molecule has 0 atom stereocenters. The number of nitrogens with one attached hydrogen (secondary N) is 1. The normalized spacial score (nSPS) is 16.0. The molecule has 0 saturated carbocycles. The van der Waals surface area contributed by atoms with Gasteiger partial charge in [0.1, 0.15) is 16.5 Å². The van der Waals surface area contributed by atoms with E-state index in [0.717, 1.165) is 19.3 Å². The Morgan fingerprint density at radius 1 is 1.08 bits per heavy atom. The van der Waals surface area contributed by atoms with Crippen molar-refractivity contribution in [2.75, 3.05) is 18.4 Å². The van der Waals surface area contributed by atoms with Gasteiger partial charge in [0.2, 0.25) is 10.0 Å². The van der Waals surface area contributed by atoms with Crippen LogP contribution in [0.1, 0.15) is 24.8 Å². The molecule has 1 saturated heterocycles. The molecule has 0 radical (unpaired) electrons. The van der Waals surface area contributed by atoms with Crippen molar-refractivity contribution in [2.24, 2.45) is 0 Å². The van der Waals surface area contributed by atoms with Gasteiger partial charge in [-0.2, -0.15) is 4.31 Å². The van der Waals surface area contributed by atoms with Crippen molar-refractivity contribution in [1.29, 1.82) is 0 Å². The van der Waals surface area contributed by atoms with Crippen LogP contribution in [0.25, 0.3) is 0 Å². The summed E-state index contributed by atoms with van der Waals surface area (Å²) in [6.07, 6.45) is 4.22. The molecule has 0 unspecified atom stereocenters. The Bertz CT molecular complexity index is 788. The number of sulfonamides is 1. The molecule has 2 aromatic rings. The van der Waals surface area contributed by atoms with Crippen LogP contribution in [0.5, 0.6) is 0 Å². The minimum atomic E-state index is -3.47. The molecular weight excluding hydrogens is 329 g/mol. The second-order valence-corrected chi connectivity index (χ2v) is 7.73. The van der Waals surface area contributed by atoms with Crippen LogP contribution in [0.4, 0.5) is 10.2 Å². The third-order valence-corrected chi connectivity index (χ3v) is 5.99. The van der Waals surface area contributed by atoms with Crippen LogP contribution in [0.3, 0.4) is 0 Å². The van der Waals surface area contributed by atoms with Gasteiger partial charge in [-0.3, -0.25) is 0 Å². The maximum atomic E-state index is 13.6. The Kier molecular flexibility index (Phi) is 5.11. The third kappa shape index (κ3) is 3.73. The molecule has 128 valence electrons. The zero-order chi connectivity index (χ0) is 17.0. The number of rotatable bonds is 5. The van der Waals surface area contributed by atoms with Gasteiger partial charge in [0.05, 0.1) is 0 Å². The molecule has 1 aromatic carbocycles. The molecule has 5 nitrogen and oxygen atoms in total. The van der Waals surface area contributed by atoms with Crippen molar-refractivity contribution in [3.8, 4) is 0 Å². The van der Waals surface area contributed by atoms with E-state index in [0.29, 0.717) is 24.5 Å². The molecule has 3 rings (SSSR count). The molecule has 0 amide bonds. The summed E-state index contributed by atoms with van der Waals surface area (Å²) in [6, 6.07) is 9.65. The molecule has 1 aromatic heterocycles. The van der Waals surface area contributed by atoms with Gasteiger partial charge in [0.15, 0.2) is 0 Å². The minimum absolute atomic E-state index is 0.195. The Balaban J connectivity index is 1.68. The van der Waals surface area contributed by atoms with E-state index in [1.807, 2.05) is 0 Å². The van der Waals surface area contributed by atoms with Gasteiger partial charge in [0.25, 0.3) is 0 Å². The molecule has 24 heavy (non-hydrogen) atoms. The summed E-state index contributed by atoms with van der Waals surface area (Å²) in [4.78, 5) is 4.34. The number of piperidine rings is 1. The maximum Gasteiger partial charge on any atom is 0.244 e. The Morgan fingerprint density at radius 2 is 1.83 bits per heavy atom. The average Bonchev–Trinajstić information content (AvgIpc) is 2.62. The molecule has 0 bridgehead atoms. The number of nitrogens with zero attached hydrogens (tertiary/aromatic N) is 2. The molecule has 7 heteroatoms. The molecule has 1 aliphatic rings. The first-order valence-electron chi connectivity index (χ1n) is 8.01. The van der Waals surface area contributed by atoms with Gasteiger partial charge < -0.3 is 5.32 Å². The van der Waals surface area contributed by atoms with Crippen LogP contribution in [-0.2, 0) is 16.6 Å². The second-order valence-electron chi connectivity index (χ2n) is 5.79. The summed E-state index contributed by atoms with van der Waals surface area (Å²) < 4.78 is 40.2. The number of pyridine rings is 1. The monoisotopic (exact) mass is 349 g/mol. The largest absolute Gasteiger partial charge is 0.366 e. The lowest BCUT2D eigenvalue weighted by Gasteiger charge is -2.25. The Labute approximate surface area is 141 Å². The topological polar surface area (TPSA) is 62.3 Å². The van der Waals surface area contributed by atoms with Crippen molar-refractivity contribution >= 4 is 15.8 Å². The minimum Gasteiger partial charge on any atom is -0.366 e. The van der Waals surface area contributed by atoms with E-state index in [-0.39, 0.29) is 17.3 Å². The maximum absolute atomic E-state index is 13.6. The van der Waals surface area contributed by atoms with Crippen molar-refractivity contribution < 1.29 is 12.8 Å². The summed E-state index contributed by atoms with van der Waals surface area (Å²) in [5, 5.41) is 3.00. The molecule has 1 N–H and O–H groups in total. The first kappa shape index (κ1) is 16.9. The van der Waals surface area contributed by atoms with Crippen LogP contribution >= 0.6 is 0 Å². The highest BCUT2D eigenvalue weighted by Gasteiger charge is 2.26. The number of halogens is 1. The van der Waals surface area contributed by atoms with E-state index in [2.05, 4.69) is 10.3 Å². The number of hydrogen-bond donors (Lipinski definition) is 1. The van der Waals surface area contributed by atoms with E-state index in [1.54, 1.807) is 30.3 Å². The van der Waals surface area contributed by atoms with E-state index in [4.69, 9.17) is 0 Å². The van der Waals surface area contributed by atoms with Gasteiger partial charge in [-0.15, -0.1) is 0 Å². The van der Waals surface area contributed by atoms with Gasteiger partial charge in [-0.05, 0) is 31.0 Å². The van der Waals surface area contributed by atoms with Gasteiger partial charge >= 0.3 is 0 Å². The predicted molar refractivity (Wildman–Crippen MR) is 90.6 cm³/mol. The van der Waals surface area contributed by atoms with Gasteiger partial charge in [0, 0.05) is 31.4 Å². The van der Waals surface area contributed by atoms with Crippen molar-refractivity contribution in [3.05, 3.63) is 54.0 Å². The van der Waals surface area contributed by atoms with Gasteiger partial charge in [-0.25, -0.2) is 17.8 Å². The van der Waals surface area contributed by atoms with Crippen LogP contribution < -0.4 is 5.32 Å². The summed E-state index contributed by atoms with van der Waals surface area (Å²) >= 11 is 0. The third-order valence-electron chi connectivity index (χ3n) is 4.11. The van der Waals surface area contributed by atoms with E-state index in [1.165, 1.54) is 16.6 Å². The number of aromatic nitrogens is 1. The zero-order valence-corrected chi connectivity index (χ0v) is 14.1. The summed E-state index contributed by atoms with van der Waals surface area (Å²) in [7, 11) is -3.47. The molecule has 1 fully saturated rings. The van der Waals surface area contributed by atoms with Crippen molar-refractivity contribution in [1.82, 2.24) is 9.29 Å². The lowest BCUT2D eigenvalue weighted by molar-refractivity contribution is 0.346. The first-order valence-corrected chi connectivity index (χ1v) is 9.45. The van der Waals surface area contributed by atoms with Gasteiger partial charge in [-0.1, -0.05) is 24.6 Å². The summed E-state index contributed by atoms with van der Waals surface area (Å²) in [5.74, 6) is 0.227. The number of benzene rings is 1. The standard InChI is InChI=1S/C17H20FN3O2S/c18-16-7-3-2-6-14(16)12-19-17-9-8-15(13-20-17)24(22,23)21-10-4-1-5-11-21/h2-3,6-9,13H,1,4-5,10-12H2,(H,19,20). The quantitative estimate of drug-likeness (QED) is 0.901. The molecular formula is C17H20FN3O2S. The lowest BCUT2D eigenvalue weighted by Crippen LogP contribution is -2.35. The highest BCUT2D eigenvalue weighted by molar-refractivity contribution is 7.89. The average molecular weight is 349 g/mol. The number of anilines is 1.